The zero-order chi connectivity index (χ0) is 13.9. The van der Waals surface area contributed by atoms with E-state index in [0.717, 1.165) is 31.5 Å². The van der Waals surface area contributed by atoms with Gasteiger partial charge in [0.15, 0.2) is 0 Å². The molecule has 7 heteroatoms. The summed E-state index contributed by atoms with van der Waals surface area (Å²) in [4.78, 5) is 6.61. The van der Waals surface area contributed by atoms with E-state index in [1.54, 1.807) is 12.1 Å². The molecule has 21 heavy (non-hydrogen) atoms. The first-order valence-electron chi connectivity index (χ1n) is 6.77. The second kappa shape index (κ2) is 6.98. The molecule has 5 nitrogen and oxygen atoms in total. The van der Waals surface area contributed by atoms with Crippen molar-refractivity contribution in [1.29, 1.82) is 0 Å². The first-order valence-corrected chi connectivity index (χ1v) is 6.77. The molecule has 1 aliphatic rings. The Morgan fingerprint density at radius 1 is 1.24 bits per heavy atom. The molecule has 0 radical (unpaired) electrons. The van der Waals surface area contributed by atoms with Crippen molar-refractivity contribution < 1.29 is 8.91 Å². The number of piperidine rings is 1. The number of halogens is 2. The van der Waals surface area contributed by atoms with Gasteiger partial charge in [-0.1, -0.05) is 5.16 Å². The Bertz CT molecular complexity index is 567. The fourth-order valence-electron chi connectivity index (χ4n) is 2.34. The van der Waals surface area contributed by atoms with Crippen LogP contribution in [-0.4, -0.2) is 34.2 Å². The van der Waals surface area contributed by atoms with Gasteiger partial charge in [0.25, 0.3) is 0 Å². The van der Waals surface area contributed by atoms with Gasteiger partial charge in [0.1, 0.15) is 5.82 Å². The van der Waals surface area contributed by atoms with E-state index in [1.165, 1.54) is 12.1 Å². The summed E-state index contributed by atoms with van der Waals surface area (Å²) in [7, 11) is 0. The Labute approximate surface area is 128 Å². The molecule has 1 saturated heterocycles. The fraction of sp³-hybridized carbons (Fsp3) is 0.429. The predicted molar refractivity (Wildman–Crippen MR) is 79.4 cm³/mol. The van der Waals surface area contributed by atoms with Crippen LogP contribution in [0.5, 0.6) is 0 Å². The number of rotatable bonds is 3. The SMILES string of the molecule is Cl.NC1CCN(Cc2nc(-c3ccc(F)cc3)no2)CC1. The van der Waals surface area contributed by atoms with Crippen molar-refractivity contribution >= 4 is 12.4 Å². The van der Waals surface area contributed by atoms with Gasteiger partial charge < -0.3 is 10.3 Å². The summed E-state index contributed by atoms with van der Waals surface area (Å²) in [6.45, 7) is 2.55. The van der Waals surface area contributed by atoms with Crippen LogP contribution in [0.2, 0.25) is 0 Å². The molecule has 0 unspecified atom stereocenters. The van der Waals surface area contributed by atoms with E-state index in [1.807, 2.05) is 0 Å². The van der Waals surface area contributed by atoms with E-state index in [2.05, 4.69) is 15.0 Å². The summed E-state index contributed by atoms with van der Waals surface area (Å²) >= 11 is 0. The lowest BCUT2D eigenvalue weighted by atomic mass is 10.1. The average Bonchev–Trinajstić information content (AvgIpc) is 2.91. The van der Waals surface area contributed by atoms with Crippen LogP contribution in [0, 0.1) is 5.82 Å². The number of hydrogen-bond donors (Lipinski definition) is 1. The quantitative estimate of drug-likeness (QED) is 0.941. The monoisotopic (exact) mass is 312 g/mol. The summed E-state index contributed by atoms with van der Waals surface area (Å²) in [6.07, 6.45) is 2.00. The van der Waals surface area contributed by atoms with E-state index >= 15 is 0 Å². The molecule has 2 aromatic rings. The summed E-state index contributed by atoms with van der Waals surface area (Å²) < 4.78 is 18.1. The van der Waals surface area contributed by atoms with Crippen molar-refractivity contribution in [2.24, 2.45) is 5.73 Å². The minimum Gasteiger partial charge on any atom is -0.338 e. The van der Waals surface area contributed by atoms with E-state index in [-0.39, 0.29) is 18.2 Å². The number of nitrogens with zero attached hydrogens (tertiary/aromatic N) is 3. The number of likely N-dealkylation sites (tertiary alicyclic amines) is 1. The zero-order valence-corrected chi connectivity index (χ0v) is 12.4. The van der Waals surface area contributed by atoms with Crippen LogP contribution in [0.15, 0.2) is 28.8 Å². The normalized spacial score (nSPS) is 16.7. The van der Waals surface area contributed by atoms with E-state index in [0.29, 0.717) is 24.3 Å². The third-order valence-electron chi connectivity index (χ3n) is 3.56. The maximum atomic E-state index is 12.9. The highest BCUT2D eigenvalue weighted by atomic mass is 35.5. The predicted octanol–water partition coefficient (Wildman–Crippen LogP) is 2.22. The Balaban J connectivity index is 0.00000161. The molecule has 0 atom stereocenters. The molecule has 1 aromatic heterocycles. The Hall–Kier alpha value is -1.50. The van der Waals surface area contributed by atoms with Gasteiger partial charge in [0.05, 0.1) is 6.54 Å². The molecule has 114 valence electrons. The standard InChI is InChI=1S/C14H17FN4O.ClH/c15-11-3-1-10(2-4-11)14-17-13(20-18-14)9-19-7-5-12(16)6-8-19;/h1-4,12H,5-9,16H2;1H. The number of aromatic nitrogens is 2. The van der Waals surface area contributed by atoms with Crippen LogP contribution >= 0.6 is 12.4 Å². The first-order chi connectivity index (χ1) is 9.70. The van der Waals surface area contributed by atoms with Crippen molar-refractivity contribution in [2.45, 2.75) is 25.4 Å². The lowest BCUT2D eigenvalue weighted by molar-refractivity contribution is 0.182. The molecule has 0 saturated carbocycles. The molecular formula is C14H18ClFN4O. The molecule has 1 aliphatic heterocycles. The van der Waals surface area contributed by atoms with Crippen molar-refractivity contribution in [3.8, 4) is 11.4 Å². The Morgan fingerprint density at radius 2 is 1.90 bits per heavy atom. The van der Waals surface area contributed by atoms with Crippen molar-refractivity contribution in [3.63, 3.8) is 0 Å². The van der Waals surface area contributed by atoms with Crippen LogP contribution in [-0.2, 0) is 6.54 Å². The third-order valence-corrected chi connectivity index (χ3v) is 3.56. The summed E-state index contributed by atoms with van der Waals surface area (Å²) in [5, 5.41) is 3.94. The van der Waals surface area contributed by atoms with E-state index in [9.17, 15) is 4.39 Å². The Morgan fingerprint density at radius 3 is 2.57 bits per heavy atom. The van der Waals surface area contributed by atoms with Gasteiger partial charge in [-0.05, 0) is 37.1 Å². The molecular weight excluding hydrogens is 295 g/mol. The second-order valence-corrected chi connectivity index (χ2v) is 5.13. The maximum absolute atomic E-state index is 12.9. The summed E-state index contributed by atoms with van der Waals surface area (Å²) in [6, 6.07) is 6.37. The molecule has 0 bridgehead atoms. The molecule has 1 fully saturated rings. The topological polar surface area (TPSA) is 68.2 Å². The molecule has 0 spiro atoms. The van der Waals surface area contributed by atoms with Gasteiger partial charge in [0.2, 0.25) is 11.7 Å². The van der Waals surface area contributed by atoms with Crippen LogP contribution < -0.4 is 5.73 Å². The van der Waals surface area contributed by atoms with Gasteiger partial charge in [0, 0.05) is 24.7 Å². The van der Waals surface area contributed by atoms with Crippen LogP contribution in [0.4, 0.5) is 4.39 Å². The zero-order valence-electron chi connectivity index (χ0n) is 11.5. The molecule has 0 amide bonds. The number of benzene rings is 1. The largest absolute Gasteiger partial charge is 0.338 e. The van der Waals surface area contributed by atoms with E-state index < -0.39 is 0 Å². The molecule has 2 heterocycles. The highest BCUT2D eigenvalue weighted by Gasteiger charge is 2.18. The van der Waals surface area contributed by atoms with Crippen LogP contribution in [0.1, 0.15) is 18.7 Å². The van der Waals surface area contributed by atoms with Gasteiger partial charge >= 0.3 is 0 Å². The second-order valence-electron chi connectivity index (χ2n) is 5.13. The molecule has 2 N–H and O–H groups in total. The smallest absolute Gasteiger partial charge is 0.241 e. The highest BCUT2D eigenvalue weighted by Crippen LogP contribution is 2.17. The minimum absolute atomic E-state index is 0. The fourth-order valence-corrected chi connectivity index (χ4v) is 2.34. The lowest BCUT2D eigenvalue weighted by Crippen LogP contribution is -2.39. The van der Waals surface area contributed by atoms with Crippen molar-refractivity contribution in [2.75, 3.05) is 13.1 Å². The Kier molecular flexibility index (Phi) is 5.27. The first kappa shape index (κ1) is 15.9. The number of nitrogens with two attached hydrogens (primary N) is 1. The minimum atomic E-state index is -0.276. The van der Waals surface area contributed by atoms with Gasteiger partial charge in [-0.25, -0.2) is 4.39 Å². The van der Waals surface area contributed by atoms with Crippen LogP contribution in [0.25, 0.3) is 11.4 Å². The van der Waals surface area contributed by atoms with Crippen molar-refractivity contribution in [1.82, 2.24) is 15.0 Å². The molecule has 3 rings (SSSR count). The van der Waals surface area contributed by atoms with Crippen LogP contribution in [0.3, 0.4) is 0 Å². The molecule has 1 aromatic carbocycles. The summed E-state index contributed by atoms with van der Waals surface area (Å²) in [5.41, 5.74) is 6.63. The van der Waals surface area contributed by atoms with E-state index in [4.69, 9.17) is 10.3 Å². The maximum Gasteiger partial charge on any atom is 0.241 e. The lowest BCUT2D eigenvalue weighted by Gasteiger charge is -2.28. The highest BCUT2D eigenvalue weighted by molar-refractivity contribution is 5.85. The van der Waals surface area contributed by atoms with Gasteiger partial charge in [-0.15, -0.1) is 12.4 Å². The average molecular weight is 313 g/mol. The van der Waals surface area contributed by atoms with Gasteiger partial charge in [-0.2, -0.15) is 4.98 Å². The van der Waals surface area contributed by atoms with Gasteiger partial charge in [-0.3, -0.25) is 4.90 Å². The summed E-state index contributed by atoms with van der Waals surface area (Å²) in [5.74, 6) is 0.802. The third kappa shape index (κ3) is 4.00. The molecule has 0 aliphatic carbocycles. The van der Waals surface area contributed by atoms with Crippen molar-refractivity contribution in [3.05, 3.63) is 36.0 Å². The number of hydrogen-bond acceptors (Lipinski definition) is 5.